The SMILES string of the molecule is Cc1ccc(N2C(=O)C(=Cc3ccc(N4CCOCC4)o3)C(=O)NC2=S)cc1Cl. The number of thiocarbonyl (C=S) groups is 1. The summed E-state index contributed by atoms with van der Waals surface area (Å²) in [6, 6.07) is 8.68. The number of amides is 2. The maximum Gasteiger partial charge on any atom is 0.270 e. The fourth-order valence-electron chi connectivity index (χ4n) is 3.13. The number of carbonyl (C=O) groups excluding carboxylic acids is 2. The lowest BCUT2D eigenvalue weighted by Crippen LogP contribution is -2.54. The van der Waals surface area contributed by atoms with E-state index in [1.807, 2.05) is 17.9 Å². The van der Waals surface area contributed by atoms with Crippen LogP contribution in [0.5, 0.6) is 0 Å². The van der Waals surface area contributed by atoms with Crippen molar-refractivity contribution in [2.45, 2.75) is 6.92 Å². The van der Waals surface area contributed by atoms with E-state index in [4.69, 9.17) is 33.0 Å². The zero-order valence-electron chi connectivity index (χ0n) is 15.6. The van der Waals surface area contributed by atoms with Gasteiger partial charge in [-0.05, 0) is 49.0 Å². The Morgan fingerprint density at radius 2 is 1.93 bits per heavy atom. The lowest BCUT2D eigenvalue weighted by atomic mass is 10.1. The van der Waals surface area contributed by atoms with Gasteiger partial charge in [-0.2, -0.15) is 0 Å². The van der Waals surface area contributed by atoms with Crippen LogP contribution in [0.4, 0.5) is 11.6 Å². The molecule has 29 heavy (non-hydrogen) atoms. The highest BCUT2D eigenvalue weighted by Gasteiger charge is 2.35. The van der Waals surface area contributed by atoms with Crippen LogP contribution in [-0.2, 0) is 14.3 Å². The van der Waals surface area contributed by atoms with Crippen molar-refractivity contribution in [1.29, 1.82) is 0 Å². The molecule has 0 bridgehead atoms. The lowest BCUT2D eigenvalue weighted by Gasteiger charge is -2.29. The van der Waals surface area contributed by atoms with E-state index in [0.29, 0.717) is 35.6 Å². The van der Waals surface area contributed by atoms with Crippen molar-refractivity contribution in [3.05, 3.63) is 52.3 Å². The van der Waals surface area contributed by atoms with Gasteiger partial charge < -0.3 is 14.1 Å². The van der Waals surface area contributed by atoms with Crippen molar-refractivity contribution in [2.24, 2.45) is 0 Å². The Hall–Kier alpha value is -2.68. The van der Waals surface area contributed by atoms with Gasteiger partial charge in [0.05, 0.1) is 18.9 Å². The molecule has 4 rings (SSSR count). The molecule has 2 saturated heterocycles. The first kappa shape index (κ1) is 19.6. The second kappa shape index (κ2) is 7.98. The number of aryl methyl sites for hydroxylation is 1. The zero-order valence-corrected chi connectivity index (χ0v) is 17.2. The highest BCUT2D eigenvalue weighted by atomic mass is 35.5. The Morgan fingerprint density at radius 1 is 1.17 bits per heavy atom. The van der Waals surface area contributed by atoms with E-state index in [9.17, 15) is 9.59 Å². The summed E-state index contributed by atoms with van der Waals surface area (Å²) in [6.07, 6.45) is 1.42. The average Bonchev–Trinajstić information content (AvgIpc) is 3.17. The number of furan rings is 1. The van der Waals surface area contributed by atoms with Crippen molar-refractivity contribution < 1.29 is 18.7 Å². The zero-order chi connectivity index (χ0) is 20.5. The summed E-state index contributed by atoms with van der Waals surface area (Å²) in [7, 11) is 0. The van der Waals surface area contributed by atoms with Crippen molar-refractivity contribution in [1.82, 2.24) is 5.32 Å². The second-order valence-corrected chi connectivity index (χ2v) is 7.46. The molecule has 2 aliphatic rings. The minimum absolute atomic E-state index is 0.00511. The summed E-state index contributed by atoms with van der Waals surface area (Å²) in [5.74, 6) is -0.0389. The minimum Gasteiger partial charge on any atom is -0.441 e. The molecule has 0 atom stereocenters. The Labute approximate surface area is 177 Å². The molecule has 150 valence electrons. The van der Waals surface area contributed by atoms with Gasteiger partial charge in [0.25, 0.3) is 11.8 Å². The van der Waals surface area contributed by atoms with Gasteiger partial charge in [-0.15, -0.1) is 0 Å². The van der Waals surface area contributed by atoms with Crippen LogP contribution in [0.25, 0.3) is 6.08 Å². The quantitative estimate of drug-likeness (QED) is 0.457. The maximum absolute atomic E-state index is 13.1. The van der Waals surface area contributed by atoms with Crippen molar-refractivity contribution in [2.75, 3.05) is 36.1 Å². The average molecular weight is 432 g/mol. The molecule has 3 heterocycles. The van der Waals surface area contributed by atoms with Crippen LogP contribution in [0.15, 0.2) is 40.3 Å². The van der Waals surface area contributed by atoms with E-state index in [1.54, 1.807) is 24.3 Å². The molecule has 2 fully saturated rings. The van der Waals surface area contributed by atoms with Crippen molar-refractivity contribution >= 4 is 58.4 Å². The summed E-state index contributed by atoms with van der Waals surface area (Å²) in [4.78, 5) is 28.8. The van der Waals surface area contributed by atoms with Crippen molar-refractivity contribution in [3.8, 4) is 0 Å². The molecule has 1 N–H and O–H groups in total. The first-order chi connectivity index (χ1) is 13.9. The monoisotopic (exact) mass is 431 g/mol. The topological polar surface area (TPSA) is 75.0 Å². The predicted molar refractivity (Wildman–Crippen MR) is 114 cm³/mol. The number of ether oxygens (including phenoxy) is 1. The number of nitrogens with zero attached hydrogens (tertiary/aromatic N) is 2. The Bertz CT molecular complexity index is 1030. The Morgan fingerprint density at radius 3 is 2.66 bits per heavy atom. The molecule has 2 aromatic rings. The summed E-state index contributed by atoms with van der Waals surface area (Å²) >= 11 is 11.4. The van der Waals surface area contributed by atoms with Gasteiger partial charge in [-0.3, -0.25) is 19.8 Å². The second-order valence-electron chi connectivity index (χ2n) is 6.67. The van der Waals surface area contributed by atoms with E-state index in [-0.39, 0.29) is 10.7 Å². The van der Waals surface area contributed by atoms with Gasteiger partial charge in [-0.25, -0.2) is 0 Å². The minimum atomic E-state index is -0.571. The molecule has 1 aromatic heterocycles. The number of benzene rings is 1. The summed E-state index contributed by atoms with van der Waals surface area (Å²) < 4.78 is 11.2. The largest absolute Gasteiger partial charge is 0.441 e. The molecule has 0 radical (unpaired) electrons. The van der Waals surface area contributed by atoms with E-state index in [2.05, 4.69) is 5.32 Å². The van der Waals surface area contributed by atoms with Gasteiger partial charge in [-0.1, -0.05) is 17.7 Å². The van der Waals surface area contributed by atoms with Gasteiger partial charge in [0.15, 0.2) is 11.0 Å². The van der Waals surface area contributed by atoms with Gasteiger partial charge >= 0.3 is 0 Å². The Kier molecular flexibility index (Phi) is 5.40. The molecule has 0 aliphatic carbocycles. The van der Waals surface area contributed by atoms with Crippen LogP contribution >= 0.6 is 23.8 Å². The standard InChI is InChI=1S/C20H18ClN3O4S/c1-12-2-3-13(10-16(12)21)24-19(26)15(18(25)22-20(24)29)11-14-4-5-17(28-14)23-6-8-27-9-7-23/h2-5,10-11H,6-9H2,1H3,(H,22,25,29). The van der Waals surface area contributed by atoms with Crippen LogP contribution in [0.1, 0.15) is 11.3 Å². The third-order valence-electron chi connectivity index (χ3n) is 4.74. The lowest BCUT2D eigenvalue weighted by molar-refractivity contribution is -0.122. The summed E-state index contributed by atoms with van der Waals surface area (Å²) in [6.45, 7) is 4.56. The fraction of sp³-hybridized carbons (Fsp3) is 0.250. The number of hydrogen-bond donors (Lipinski definition) is 1. The third kappa shape index (κ3) is 3.91. The van der Waals surface area contributed by atoms with Crippen LogP contribution < -0.4 is 15.1 Å². The molecule has 0 unspecified atom stereocenters. The number of hydrogen-bond acceptors (Lipinski definition) is 6. The number of carbonyl (C=O) groups is 2. The number of morpholine rings is 1. The molecule has 9 heteroatoms. The predicted octanol–water partition coefficient (Wildman–Crippen LogP) is 2.91. The van der Waals surface area contributed by atoms with Crippen molar-refractivity contribution in [3.63, 3.8) is 0 Å². The van der Waals surface area contributed by atoms with E-state index in [1.165, 1.54) is 11.0 Å². The van der Waals surface area contributed by atoms with E-state index < -0.39 is 11.8 Å². The highest BCUT2D eigenvalue weighted by Crippen LogP contribution is 2.27. The highest BCUT2D eigenvalue weighted by molar-refractivity contribution is 7.80. The molecular weight excluding hydrogens is 414 g/mol. The smallest absolute Gasteiger partial charge is 0.270 e. The molecule has 7 nitrogen and oxygen atoms in total. The first-order valence-corrected chi connectivity index (χ1v) is 9.83. The normalized spacial score (nSPS) is 19.1. The van der Waals surface area contributed by atoms with Gasteiger partial charge in [0.1, 0.15) is 11.3 Å². The molecule has 0 spiro atoms. The maximum atomic E-state index is 13.1. The van der Waals surface area contributed by atoms with Crippen LogP contribution in [0.3, 0.4) is 0 Å². The van der Waals surface area contributed by atoms with Gasteiger partial charge in [0, 0.05) is 24.2 Å². The summed E-state index contributed by atoms with van der Waals surface area (Å²) in [5, 5.41) is 3.06. The number of rotatable bonds is 3. The van der Waals surface area contributed by atoms with E-state index in [0.717, 1.165) is 18.7 Å². The molecular formula is C20H18ClN3O4S. The number of halogens is 1. The van der Waals surface area contributed by atoms with Crippen LogP contribution in [0.2, 0.25) is 5.02 Å². The fourth-order valence-corrected chi connectivity index (χ4v) is 3.58. The molecule has 0 saturated carbocycles. The van der Waals surface area contributed by atoms with Crippen LogP contribution in [-0.4, -0.2) is 43.2 Å². The van der Waals surface area contributed by atoms with E-state index >= 15 is 0 Å². The third-order valence-corrected chi connectivity index (χ3v) is 5.43. The Balaban J connectivity index is 1.63. The molecule has 2 aliphatic heterocycles. The van der Waals surface area contributed by atoms with Crippen LogP contribution in [0, 0.1) is 6.92 Å². The number of anilines is 2. The summed E-state index contributed by atoms with van der Waals surface area (Å²) in [5.41, 5.74) is 1.28. The molecule has 2 amide bonds. The van der Waals surface area contributed by atoms with Gasteiger partial charge in [0.2, 0.25) is 0 Å². The first-order valence-electron chi connectivity index (χ1n) is 9.04. The molecule has 1 aromatic carbocycles. The number of nitrogens with one attached hydrogen (secondary N) is 1.